The number of hydrogen-bond donors (Lipinski definition) is 0. The quantitative estimate of drug-likeness (QED) is 0.491. The molecule has 2 aliphatic rings. The number of nitrogens with zero attached hydrogens (tertiary/aromatic N) is 2. The van der Waals surface area contributed by atoms with Crippen LogP contribution >= 0.6 is 0 Å². The molecular formula is C22H20N2O5. The zero-order valence-corrected chi connectivity index (χ0v) is 15.8. The number of carbonyl (C=O) groups is 1. The van der Waals surface area contributed by atoms with Gasteiger partial charge in [-0.05, 0) is 43.2 Å². The molecule has 7 heteroatoms. The topological polar surface area (TPSA) is 79.7 Å². The molecule has 0 bridgehead atoms. The summed E-state index contributed by atoms with van der Waals surface area (Å²) in [7, 11) is 0. The van der Waals surface area contributed by atoms with E-state index in [1.165, 1.54) is 0 Å². The van der Waals surface area contributed by atoms with Gasteiger partial charge in [-0.25, -0.2) is 9.78 Å². The molecule has 0 saturated carbocycles. The molecule has 1 aromatic heterocycles. The zero-order chi connectivity index (χ0) is 19.8. The van der Waals surface area contributed by atoms with Crippen molar-refractivity contribution in [2.24, 2.45) is 0 Å². The largest absolute Gasteiger partial charge is 0.454 e. The van der Waals surface area contributed by atoms with Crippen molar-refractivity contribution in [2.45, 2.75) is 38.6 Å². The molecule has 0 atom stereocenters. The Balaban J connectivity index is 1.46. The van der Waals surface area contributed by atoms with E-state index < -0.39 is 5.97 Å². The summed E-state index contributed by atoms with van der Waals surface area (Å²) < 4.78 is 17.8. The lowest BCUT2D eigenvalue weighted by molar-refractivity contribution is 0.0734. The van der Waals surface area contributed by atoms with Crippen LogP contribution < -0.4 is 19.8 Å². The van der Waals surface area contributed by atoms with Gasteiger partial charge in [0.15, 0.2) is 11.5 Å². The van der Waals surface area contributed by atoms with E-state index >= 15 is 0 Å². The van der Waals surface area contributed by atoms with Gasteiger partial charge in [0, 0.05) is 19.0 Å². The van der Waals surface area contributed by atoms with Crippen molar-refractivity contribution in [1.29, 1.82) is 0 Å². The first kappa shape index (κ1) is 17.7. The SMILES string of the molecule is O=C(Oc1ccc2c(c1)OCO2)c1ccc2c(=O)n3c(nc2c1)CCCCCC3. The summed E-state index contributed by atoms with van der Waals surface area (Å²) in [5.74, 6) is 1.81. The molecule has 2 aliphatic heterocycles. The van der Waals surface area contributed by atoms with E-state index in [4.69, 9.17) is 19.2 Å². The maximum absolute atomic E-state index is 12.9. The Bertz CT molecular complexity index is 1170. The van der Waals surface area contributed by atoms with Crippen molar-refractivity contribution in [1.82, 2.24) is 9.55 Å². The van der Waals surface area contributed by atoms with Gasteiger partial charge >= 0.3 is 5.97 Å². The average molecular weight is 392 g/mol. The normalized spacial score (nSPS) is 15.4. The van der Waals surface area contributed by atoms with E-state index in [0.29, 0.717) is 40.3 Å². The molecule has 0 saturated heterocycles. The summed E-state index contributed by atoms with van der Waals surface area (Å²) in [6.07, 6.45) is 5.06. The Morgan fingerprint density at radius 1 is 1.00 bits per heavy atom. The van der Waals surface area contributed by atoms with Gasteiger partial charge in [0.2, 0.25) is 6.79 Å². The summed E-state index contributed by atoms with van der Waals surface area (Å²) in [6, 6.07) is 9.87. The Hall–Kier alpha value is -3.35. The maximum atomic E-state index is 12.9. The van der Waals surface area contributed by atoms with E-state index in [-0.39, 0.29) is 12.4 Å². The van der Waals surface area contributed by atoms with Gasteiger partial charge in [-0.2, -0.15) is 0 Å². The summed E-state index contributed by atoms with van der Waals surface area (Å²) in [6.45, 7) is 0.855. The third-order valence-electron chi connectivity index (χ3n) is 5.36. The minimum absolute atomic E-state index is 0.0393. The number of aryl methyl sites for hydroxylation is 1. The number of carbonyl (C=O) groups excluding carboxylic acids is 1. The predicted molar refractivity (Wildman–Crippen MR) is 106 cm³/mol. The van der Waals surface area contributed by atoms with E-state index in [0.717, 1.165) is 37.9 Å². The number of ether oxygens (including phenoxy) is 3. The molecule has 5 rings (SSSR count). The van der Waals surface area contributed by atoms with Gasteiger partial charge in [0.1, 0.15) is 11.6 Å². The number of hydrogen-bond acceptors (Lipinski definition) is 6. The van der Waals surface area contributed by atoms with Crippen LogP contribution in [0.3, 0.4) is 0 Å². The molecule has 7 nitrogen and oxygen atoms in total. The highest BCUT2D eigenvalue weighted by molar-refractivity contribution is 5.95. The molecule has 0 fully saturated rings. The lowest BCUT2D eigenvalue weighted by Gasteiger charge is -2.16. The molecule has 2 aromatic carbocycles. The molecule has 148 valence electrons. The van der Waals surface area contributed by atoms with Crippen LogP contribution in [0.5, 0.6) is 17.2 Å². The van der Waals surface area contributed by atoms with Gasteiger partial charge in [-0.1, -0.05) is 12.8 Å². The molecule has 0 radical (unpaired) electrons. The highest BCUT2D eigenvalue weighted by Gasteiger charge is 2.18. The van der Waals surface area contributed by atoms with Crippen LogP contribution in [0.2, 0.25) is 0 Å². The second-order valence-corrected chi connectivity index (χ2v) is 7.29. The van der Waals surface area contributed by atoms with E-state index in [1.54, 1.807) is 41.0 Å². The molecule has 0 unspecified atom stereocenters. The van der Waals surface area contributed by atoms with Crippen molar-refractivity contribution in [3.8, 4) is 17.2 Å². The van der Waals surface area contributed by atoms with Crippen LogP contribution in [0, 0.1) is 0 Å². The van der Waals surface area contributed by atoms with Crippen LogP contribution in [-0.4, -0.2) is 22.3 Å². The van der Waals surface area contributed by atoms with Crippen LogP contribution in [-0.2, 0) is 13.0 Å². The lowest BCUT2D eigenvalue weighted by atomic mass is 10.1. The van der Waals surface area contributed by atoms with Crippen molar-refractivity contribution in [3.05, 3.63) is 58.1 Å². The molecular weight excluding hydrogens is 372 g/mol. The van der Waals surface area contributed by atoms with Gasteiger partial charge in [0.25, 0.3) is 5.56 Å². The van der Waals surface area contributed by atoms with Gasteiger partial charge in [0.05, 0.1) is 16.5 Å². The molecule has 0 aliphatic carbocycles. The minimum Gasteiger partial charge on any atom is -0.454 e. The lowest BCUT2D eigenvalue weighted by Crippen LogP contribution is -2.26. The van der Waals surface area contributed by atoms with Crippen LogP contribution in [0.15, 0.2) is 41.2 Å². The molecule has 0 amide bonds. The summed E-state index contributed by atoms with van der Waals surface area (Å²) >= 11 is 0. The van der Waals surface area contributed by atoms with Gasteiger partial charge in [-0.3, -0.25) is 9.36 Å². The van der Waals surface area contributed by atoms with Crippen molar-refractivity contribution >= 4 is 16.9 Å². The second-order valence-electron chi connectivity index (χ2n) is 7.29. The van der Waals surface area contributed by atoms with Crippen LogP contribution in [0.25, 0.3) is 10.9 Å². The predicted octanol–water partition coefficient (Wildman–Crippen LogP) is 3.46. The molecule has 3 heterocycles. The summed E-state index contributed by atoms with van der Waals surface area (Å²) in [5, 5.41) is 0.522. The van der Waals surface area contributed by atoms with E-state index in [9.17, 15) is 9.59 Å². The fourth-order valence-electron chi connectivity index (χ4n) is 3.83. The number of fused-ring (bicyclic) bond motifs is 3. The number of rotatable bonds is 2. The Morgan fingerprint density at radius 3 is 2.79 bits per heavy atom. The monoisotopic (exact) mass is 392 g/mol. The Labute approximate surface area is 166 Å². The number of esters is 1. The third kappa shape index (κ3) is 3.33. The smallest absolute Gasteiger partial charge is 0.343 e. The second kappa shape index (κ2) is 7.24. The molecule has 3 aromatic rings. The summed E-state index contributed by atoms with van der Waals surface area (Å²) in [5.41, 5.74) is 0.836. The molecule has 0 spiro atoms. The van der Waals surface area contributed by atoms with Crippen molar-refractivity contribution < 1.29 is 19.0 Å². The first-order valence-electron chi connectivity index (χ1n) is 9.84. The minimum atomic E-state index is -0.514. The first-order valence-corrected chi connectivity index (χ1v) is 9.84. The Kier molecular flexibility index (Phi) is 4.42. The van der Waals surface area contributed by atoms with Crippen LogP contribution in [0.1, 0.15) is 41.9 Å². The first-order chi connectivity index (χ1) is 14.2. The van der Waals surface area contributed by atoms with Gasteiger partial charge in [-0.15, -0.1) is 0 Å². The number of benzene rings is 2. The highest BCUT2D eigenvalue weighted by Crippen LogP contribution is 2.35. The molecule has 29 heavy (non-hydrogen) atoms. The van der Waals surface area contributed by atoms with Crippen molar-refractivity contribution in [3.63, 3.8) is 0 Å². The molecule has 0 N–H and O–H groups in total. The Morgan fingerprint density at radius 2 is 1.86 bits per heavy atom. The van der Waals surface area contributed by atoms with E-state index in [2.05, 4.69) is 0 Å². The fourth-order valence-corrected chi connectivity index (χ4v) is 3.83. The maximum Gasteiger partial charge on any atom is 0.343 e. The van der Waals surface area contributed by atoms with E-state index in [1.807, 2.05) is 0 Å². The highest BCUT2D eigenvalue weighted by atomic mass is 16.7. The van der Waals surface area contributed by atoms with Crippen LogP contribution in [0.4, 0.5) is 0 Å². The van der Waals surface area contributed by atoms with Gasteiger partial charge < -0.3 is 14.2 Å². The standard InChI is InChI=1S/C22H20N2O5/c25-21-16-8-6-14(11-17(16)23-20-5-3-1-2-4-10-24(20)21)22(26)29-15-7-9-18-19(12-15)28-13-27-18/h6-9,11-12H,1-5,10,13H2. The zero-order valence-electron chi connectivity index (χ0n) is 15.8. The average Bonchev–Trinajstić information content (AvgIpc) is 3.17. The fraction of sp³-hybridized carbons (Fsp3) is 0.318. The van der Waals surface area contributed by atoms with Crippen molar-refractivity contribution in [2.75, 3.05) is 6.79 Å². The summed E-state index contributed by atoms with van der Waals surface area (Å²) in [4.78, 5) is 30.2. The third-order valence-corrected chi connectivity index (χ3v) is 5.36. The number of aromatic nitrogens is 2.